The molecular weight excluding hydrogens is 332 g/mol. The van der Waals surface area contributed by atoms with Crippen molar-refractivity contribution in [2.45, 2.75) is 39.6 Å². The Hall–Kier alpha value is -2.45. The first-order chi connectivity index (χ1) is 11.7. The summed E-state index contributed by atoms with van der Waals surface area (Å²) in [5.74, 6) is 0.0774. The number of Topliss-reactive ketones (excluding diaryl/α,β-unsaturated/α-hetero) is 2. The standard InChI is InChI=1S/C20H20N2O2S/c1-11-6-13(3)17(7-12(11)2)19(24)10-25-20-16(9-21)8-18(15(5)23)14(4)22-20/h6-8H,10H2,1-5H3. The molecule has 128 valence electrons. The average molecular weight is 352 g/mol. The van der Waals surface area contributed by atoms with Crippen molar-refractivity contribution in [2.24, 2.45) is 0 Å². The van der Waals surface area contributed by atoms with Crippen molar-refractivity contribution in [3.63, 3.8) is 0 Å². The summed E-state index contributed by atoms with van der Waals surface area (Å²) < 4.78 is 0. The molecule has 0 amide bonds. The number of nitrogens with zero attached hydrogens (tertiary/aromatic N) is 2. The molecule has 0 saturated heterocycles. The molecular formula is C20H20N2O2S. The number of rotatable bonds is 5. The number of benzene rings is 1. The summed E-state index contributed by atoms with van der Waals surface area (Å²) in [7, 11) is 0. The fourth-order valence-electron chi connectivity index (χ4n) is 2.60. The first kappa shape index (κ1) is 18.9. The third kappa shape index (κ3) is 4.15. The first-order valence-electron chi connectivity index (χ1n) is 7.91. The van der Waals surface area contributed by atoms with Gasteiger partial charge in [-0.05, 0) is 63.4 Å². The highest BCUT2D eigenvalue weighted by Gasteiger charge is 2.16. The van der Waals surface area contributed by atoms with Crippen molar-refractivity contribution in [3.05, 3.63) is 57.3 Å². The Kier molecular flexibility index (Phi) is 5.76. The van der Waals surface area contributed by atoms with Crippen LogP contribution >= 0.6 is 11.8 Å². The van der Waals surface area contributed by atoms with Crippen LogP contribution < -0.4 is 0 Å². The Balaban J connectivity index is 2.26. The van der Waals surface area contributed by atoms with E-state index in [4.69, 9.17) is 0 Å². The maximum absolute atomic E-state index is 12.6. The average Bonchev–Trinajstić information content (AvgIpc) is 2.55. The number of hydrogen-bond donors (Lipinski definition) is 0. The highest BCUT2D eigenvalue weighted by molar-refractivity contribution is 8.00. The van der Waals surface area contributed by atoms with Gasteiger partial charge in [0.15, 0.2) is 11.6 Å². The first-order valence-corrected chi connectivity index (χ1v) is 8.89. The summed E-state index contributed by atoms with van der Waals surface area (Å²) in [5, 5.41) is 9.80. The predicted molar refractivity (Wildman–Crippen MR) is 99.4 cm³/mol. The number of hydrogen-bond acceptors (Lipinski definition) is 5. The molecule has 0 spiro atoms. The van der Waals surface area contributed by atoms with E-state index < -0.39 is 0 Å². The molecule has 0 radical (unpaired) electrons. The number of carbonyl (C=O) groups excluding carboxylic acids is 2. The Labute approximate surface area is 152 Å². The number of aromatic nitrogens is 1. The number of pyridine rings is 1. The predicted octanol–water partition coefficient (Wildman–Crippen LogP) is 4.36. The lowest BCUT2D eigenvalue weighted by atomic mass is 9.99. The molecule has 0 bridgehead atoms. The van der Waals surface area contributed by atoms with Crippen LogP contribution in [0.5, 0.6) is 0 Å². The number of nitriles is 1. The van der Waals surface area contributed by atoms with E-state index in [2.05, 4.69) is 11.1 Å². The molecule has 1 aromatic heterocycles. The monoisotopic (exact) mass is 352 g/mol. The molecule has 0 aliphatic carbocycles. The van der Waals surface area contributed by atoms with Gasteiger partial charge in [0, 0.05) is 16.8 Å². The Morgan fingerprint density at radius 3 is 2.28 bits per heavy atom. The molecule has 25 heavy (non-hydrogen) atoms. The zero-order valence-corrected chi connectivity index (χ0v) is 15.9. The second-order valence-corrected chi connectivity index (χ2v) is 7.07. The highest BCUT2D eigenvalue weighted by atomic mass is 32.2. The number of ketones is 2. The van der Waals surface area contributed by atoms with Gasteiger partial charge in [-0.2, -0.15) is 5.26 Å². The zero-order chi connectivity index (χ0) is 18.7. The molecule has 2 aromatic rings. The van der Waals surface area contributed by atoms with Crippen LogP contribution in [0.25, 0.3) is 0 Å². The summed E-state index contributed by atoms with van der Waals surface area (Å²) in [4.78, 5) is 28.5. The van der Waals surface area contributed by atoms with Gasteiger partial charge in [0.25, 0.3) is 0 Å². The van der Waals surface area contributed by atoms with Crippen molar-refractivity contribution in [3.8, 4) is 6.07 Å². The van der Waals surface area contributed by atoms with Gasteiger partial charge >= 0.3 is 0 Å². The van der Waals surface area contributed by atoms with E-state index in [0.29, 0.717) is 27.4 Å². The second kappa shape index (κ2) is 7.62. The fourth-order valence-corrected chi connectivity index (χ4v) is 3.49. The Bertz CT molecular complexity index is 911. The lowest BCUT2D eigenvalue weighted by Gasteiger charge is -2.10. The van der Waals surface area contributed by atoms with E-state index in [-0.39, 0.29) is 17.3 Å². The molecule has 2 rings (SSSR count). The van der Waals surface area contributed by atoms with Crippen LogP contribution in [0.3, 0.4) is 0 Å². The van der Waals surface area contributed by atoms with E-state index in [1.54, 1.807) is 13.0 Å². The molecule has 1 heterocycles. The second-order valence-electron chi connectivity index (χ2n) is 6.11. The maximum Gasteiger partial charge on any atom is 0.173 e. The number of aryl methyl sites for hydroxylation is 4. The van der Waals surface area contributed by atoms with Crippen LogP contribution in [0.15, 0.2) is 23.2 Å². The zero-order valence-electron chi connectivity index (χ0n) is 15.1. The lowest BCUT2D eigenvalue weighted by Crippen LogP contribution is -2.07. The van der Waals surface area contributed by atoms with E-state index in [1.165, 1.54) is 18.7 Å². The third-order valence-electron chi connectivity index (χ3n) is 4.16. The van der Waals surface area contributed by atoms with Crippen molar-refractivity contribution < 1.29 is 9.59 Å². The van der Waals surface area contributed by atoms with Crippen LogP contribution in [0.2, 0.25) is 0 Å². The van der Waals surface area contributed by atoms with Gasteiger partial charge in [-0.3, -0.25) is 9.59 Å². The van der Waals surface area contributed by atoms with Gasteiger partial charge in [-0.25, -0.2) is 4.98 Å². The highest BCUT2D eigenvalue weighted by Crippen LogP contribution is 2.25. The van der Waals surface area contributed by atoms with Crippen LogP contribution in [-0.2, 0) is 0 Å². The lowest BCUT2D eigenvalue weighted by molar-refractivity contribution is 0.101. The molecule has 0 aliphatic rings. The smallest absolute Gasteiger partial charge is 0.173 e. The maximum atomic E-state index is 12.6. The summed E-state index contributed by atoms with van der Waals surface area (Å²) in [6.07, 6.45) is 0. The van der Waals surface area contributed by atoms with Crippen LogP contribution in [0, 0.1) is 39.0 Å². The summed E-state index contributed by atoms with van der Waals surface area (Å²) >= 11 is 1.23. The molecule has 1 aromatic carbocycles. The van der Waals surface area contributed by atoms with Crippen molar-refractivity contribution in [1.29, 1.82) is 5.26 Å². The summed E-state index contributed by atoms with van der Waals surface area (Å²) in [6.45, 7) is 9.11. The summed E-state index contributed by atoms with van der Waals surface area (Å²) in [6, 6.07) is 7.54. The van der Waals surface area contributed by atoms with E-state index in [9.17, 15) is 14.9 Å². The van der Waals surface area contributed by atoms with Gasteiger partial charge in [-0.1, -0.05) is 17.8 Å². The molecule has 0 saturated carbocycles. The molecule has 0 aliphatic heterocycles. The molecule has 0 atom stereocenters. The topological polar surface area (TPSA) is 70.8 Å². The van der Waals surface area contributed by atoms with Crippen LogP contribution in [-0.4, -0.2) is 22.3 Å². The molecule has 4 nitrogen and oxygen atoms in total. The minimum atomic E-state index is -0.125. The van der Waals surface area contributed by atoms with Gasteiger partial charge in [0.05, 0.1) is 11.3 Å². The van der Waals surface area contributed by atoms with E-state index in [0.717, 1.165) is 16.7 Å². The van der Waals surface area contributed by atoms with E-state index in [1.807, 2.05) is 32.9 Å². The molecule has 0 fully saturated rings. The molecule has 0 unspecified atom stereocenters. The third-order valence-corrected chi connectivity index (χ3v) is 5.15. The molecule has 0 N–H and O–H groups in total. The Morgan fingerprint density at radius 1 is 1.04 bits per heavy atom. The SMILES string of the molecule is CC(=O)c1cc(C#N)c(SCC(=O)c2cc(C)c(C)cc2C)nc1C. The van der Waals surface area contributed by atoms with Gasteiger partial charge < -0.3 is 0 Å². The normalized spacial score (nSPS) is 10.4. The largest absolute Gasteiger partial charge is 0.294 e. The van der Waals surface area contributed by atoms with Gasteiger partial charge in [0.1, 0.15) is 11.1 Å². The Morgan fingerprint density at radius 2 is 1.68 bits per heavy atom. The van der Waals surface area contributed by atoms with Crippen molar-refractivity contribution in [2.75, 3.05) is 5.75 Å². The molecule has 5 heteroatoms. The quantitative estimate of drug-likeness (QED) is 0.590. The van der Waals surface area contributed by atoms with Crippen LogP contribution in [0.1, 0.15) is 55.6 Å². The minimum Gasteiger partial charge on any atom is -0.294 e. The van der Waals surface area contributed by atoms with Gasteiger partial charge in [0.2, 0.25) is 0 Å². The van der Waals surface area contributed by atoms with Gasteiger partial charge in [-0.15, -0.1) is 0 Å². The number of thioether (sulfide) groups is 1. The van der Waals surface area contributed by atoms with Crippen molar-refractivity contribution in [1.82, 2.24) is 4.98 Å². The fraction of sp³-hybridized carbons (Fsp3) is 0.300. The summed E-state index contributed by atoms with van der Waals surface area (Å²) in [5.41, 5.74) is 5.23. The minimum absolute atomic E-state index is 0.00425. The van der Waals surface area contributed by atoms with Crippen molar-refractivity contribution >= 4 is 23.3 Å². The number of carbonyl (C=O) groups is 2. The van der Waals surface area contributed by atoms with Crippen LogP contribution in [0.4, 0.5) is 0 Å². The van der Waals surface area contributed by atoms with E-state index >= 15 is 0 Å².